The highest BCUT2D eigenvalue weighted by Gasteiger charge is 2.20. The molecule has 3 aromatic heterocycles. The molecule has 4 aromatic rings. The zero-order valence-electron chi connectivity index (χ0n) is 17.4. The van der Waals surface area contributed by atoms with E-state index in [9.17, 15) is 9.59 Å². The van der Waals surface area contributed by atoms with E-state index in [-0.39, 0.29) is 11.9 Å². The normalized spacial score (nSPS) is 14.4. The second-order valence-electron chi connectivity index (χ2n) is 7.80. The van der Waals surface area contributed by atoms with Crippen molar-refractivity contribution in [2.24, 2.45) is 0 Å². The van der Waals surface area contributed by atoms with Crippen molar-refractivity contribution in [2.45, 2.75) is 38.2 Å². The topological polar surface area (TPSA) is 85.6 Å². The lowest BCUT2D eigenvalue weighted by Gasteiger charge is -2.21. The first-order valence-electron chi connectivity index (χ1n) is 10.7. The van der Waals surface area contributed by atoms with Gasteiger partial charge in [-0.3, -0.25) is 10.1 Å². The Morgan fingerprint density at radius 2 is 1.97 bits per heavy atom. The van der Waals surface area contributed by atoms with Gasteiger partial charge in [-0.2, -0.15) is 5.10 Å². The van der Waals surface area contributed by atoms with E-state index < -0.39 is 6.09 Å². The van der Waals surface area contributed by atoms with Crippen molar-refractivity contribution in [1.29, 1.82) is 0 Å². The Labute approximate surface area is 189 Å². The number of hydrogen-bond acceptors (Lipinski definition) is 6. The van der Waals surface area contributed by atoms with Crippen LogP contribution in [0.4, 0.5) is 10.5 Å². The summed E-state index contributed by atoms with van der Waals surface area (Å²) in [6.07, 6.45) is 8.04. The van der Waals surface area contributed by atoms with Gasteiger partial charge in [-0.1, -0.05) is 24.6 Å². The highest BCUT2D eigenvalue weighted by molar-refractivity contribution is 7.12. The molecule has 0 radical (unpaired) electrons. The minimum absolute atomic E-state index is 0.00451. The van der Waals surface area contributed by atoms with Gasteiger partial charge in [-0.25, -0.2) is 14.3 Å². The molecule has 162 valence electrons. The number of thiophene rings is 1. The highest BCUT2D eigenvalue weighted by atomic mass is 32.1. The number of carbonyl (C=O) groups is 2. The van der Waals surface area contributed by atoms with Gasteiger partial charge in [-0.15, -0.1) is 11.3 Å². The fourth-order valence-corrected chi connectivity index (χ4v) is 4.73. The number of nitrogens with zero attached hydrogens (tertiary/aromatic N) is 3. The maximum Gasteiger partial charge on any atom is 0.411 e. The van der Waals surface area contributed by atoms with E-state index in [1.807, 2.05) is 41.8 Å². The monoisotopic (exact) mass is 446 g/mol. The first-order chi connectivity index (χ1) is 15.7. The lowest BCUT2D eigenvalue weighted by molar-refractivity contribution is 0.0865. The van der Waals surface area contributed by atoms with E-state index >= 15 is 0 Å². The van der Waals surface area contributed by atoms with Gasteiger partial charge < -0.3 is 4.74 Å². The Morgan fingerprint density at radius 1 is 1.09 bits per heavy atom. The molecular weight excluding hydrogens is 424 g/mol. The van der Waals surface area contributed by atoms with Crippen molar-refractivity contribution in [3.63, 3.8) is 0 Å². The van der Waals surface area contributed by atoms with Crippen LogP contribution in [0.15, 0.2) is 60.2 Å². The van der Waals surface area contributed by atoms with Gasteiger partial charge >= 0.3 is 6.09 Å². The van der Waals surface area contributed by atoms with Crippen LogP contribution in [0, 0.1) is 0 Å². The second-order valence-corrected chi connectivity index (χ2v) is 8.75. The lowest BCUT2D eigenvalue weighted by atomic mass is 9.98. The average molecular weight is 447 g/mol. The fourth-order valence-electron chi connectivity index (χ4n) is 4.05. The summed E-state index contributed by atoms with van der Waals surface area (Å²) in [6, 6.07) is 12.9. The van der Waals surface area contributed by atoms with Crippen molar-refractivity contribution in [3.8, 4) is 11.3 Å². The van der Waals surface area contributed by atoms with Gasteiger partial charge in [-0.05, 0) is 55.3 Å². The zero-order chi connectivity index (χ0) is 21.9. The van der Waals surface area contributed by atoms with Gasteiger partial charge in [0.25, 0.3) is 0 Å². The lowest BCUT2D eigenvalue weighted by Crippen LogP contribution is -2.24. The molecule has 5 rings (SSSR count). The molecule has 0 atom stereocenters. The average Bonchev–Trinajstić information content (AvgIpc) is 3.50. The van der Waals surface area contributed by atoms with Crippen LogP contribution in [0.2, 0.25) is 0 Å². The van der Waals surface area contributed by atoms with Gasteiger partial charge in [0.15, 0.2) is 5.65 Å². The first-order valence-corrected chi connectivity index (χ1v) is 11.6. The molecule has 1 amide bonds. The third kappa shape index (κ3) is 4.13. The molecule has 0 bridgehead atoms. The number of rotatable bonds is 5. The standard InChI is InChI=1S/C24H22N4O3S/c29-22(21-10-5-13-32-21)19-15-26-28-20(11-12-25-23(19)28)16-6-4-7-17(14-16)27-24(30)31-18-8-2-1-3-9-18/h4-7,10-15,18H,1-3,8-9H2,(H,27,30). The second kappa shape index (κ2) is 8.92. The fraction of sp³-hybridized carbons (Fsp3) is 0.250. The molecule has 1 saturated carbocycles. The third-order valence-electron chi connectivity index (χ3n) is 5.62. The number of carbonyl (C=O) groups excluding carboxylic acids is 2. The van der Waals surface area contributed by atoms with Crippen LogP contribution in [0.5, 0.6) is 0 Å². The van der Waals surface area contributed by atoms with Crippen LogP contribution in [0.25, 0.3) is 16.9 Å². The molecule has 1 aromatic carbocycles. The SMILES string of the molecule is O=C(Nc1cccc(-c2ccnc3c(C(=O)c4cccs4)cnn23)c1)OC1CCCCC1. The molecule has 1 aliphatic carbocycles. The molecule has 1 N–H and O–H groups in total. The number of ketones is 1. The Morgan fingerprint density at radius 3 is 2.78 bits per heavy atom. The molecule has 7 nitrogen and oxygen atoms in total. The van der Waals surface area contributed by atoms with Crippen molar-refractivity contribution in [2.75, 3.05) is 5.32 Å². The van der Waals surface area contributed by atoms with Crippen LogP contribution in [0.3, 0.4) is 0 Å². The quantitative estimate of drug-likeness (QED) is 0.405. The molecule has 0 saturated heterocycles. The van der Waals surface area contributed by atoms with Gasteiger partial charge in [0.2, 0.25) is 5.78 Å². The van der Waals surface area contributed by atoms with Crippen LogP contribution >= 0.6 is 11.3 Å². The summed E-state index contributed by atoms with van der Waals surface area (Å²) in [5.74, 6) is -0.0967. The van der Waals surface area contributed by atoms with E-state index in [4.69, 9.17) is 4.74 Å². The van der Waals surface area contributed by atoms with E-state index in [1.165, 1.54) is 17.8 Å². The number of anilines is 1. The maximum absolute atomic E-state index is 12.8. The maximum atomic E-state index is 12.8. The van der Waals surface area contributed by atoms with Gasteiger partial charge in [0.05, 0.1) is 22.3 Å². The number of aromatic nitrogens is 3. The predicted octanol–water partition coefficient (Wildman–Crippen LogP) is 5.57. The van der Waals surface area contributed by atoms with E-state index in [0.717, 1.165) is 36.9 Å². The van der Waals surface area contributed by atoms with E-state index in [2.05, 4.69) is 15.4 Å². The minimum Gasteiger partial charge on any atom is -0.446 e. The number of hydrogen-bond donors (Lipinski definition) is 1. The Bertz CT molecular complexity index is 1260. The van der Waals surface area contributed by atoms with Gasteiger partial charge in [0.1, 0.15) is 6.10 Å². The Hall–Kier alpha value is -3.52. The van der Waals surface area contributed by atoms with Crippen LogP contribution in [-0.4, -0.2) is 32.6 Å². The molecular formula is C24H22N4O3S. The van der Waals surface area contributed by atoms with Gasteiger partial charge in [0, 0.05) is 17.4 Å². The zero-order valence-corrected chi connectivity index (χ0v) is 18.2. The molecule has 3 heterocycles. The third-order valence-corrected chi connectivity index (χ3v) is 6.49. The smallest absolute Gasteiger partial charge is 0.411 e. The molecule has 0 spiro atoms. The van der Waals surface area contributed by atoms with Crippen molar-refractivity contribution < 1.29 is 14.3 Å². The van der Waals surface area contributed by atoms with E-state index in [0.29, 0.717) is 21.8 Å². The number of benzene rings is 1. The predicted molar refractivity (Wildman–Crippen MR) is 123 cm³/mol. The van der Waals surface area contributed by atoms with E-state index in [1.54, 1.807) is 23.0 Å². The summed E-state index contributed by atoms with van der Waals surface area (Å²) in [5, 5.41) is 9.12. The molecule has 32 heavy (non-hydrogen) atoms. The number of nitrogens with one attached hydrogen (secondary N) is 1. The Balaban J connectivity index is 1.39. The van der Waals surface area contributed by atoms with Crippen LogP contribution in [0.1, 0.15) is 47.3 Å². The minimum atomic E-state index is -0.433. The van der Waals surface area contributed by atoms with Crippen molar-refractivity contribution in [3.05, 3.63) is 70.7 Å². The van der Waals surface area contributed by atoms with Crippen molar-refractivity contribution >= 4 is 34.5 Å². The summed E-state index contributed by atoms with van der Waals surface area (Å²) in [5.41, 5.74) is 3.20. The molecule has 0 aliphatic heterocycles. The molecule has 1 fully saturated rings. The van der Waals surface area contributed by atoms with Crippen LogP contribution < -0.4 is 5.32 Å². The number of amides is 1. The first kappa shape index (κ1) is 20.4. The molecule has 1 aliphatic rings. The summed E-state index contributed by atoms with van der Waals surface area (Å²) in [6.45, 7) is 0. The van der Waals surface area contributed by atoms with Crippen LogP contribution in [-0.2, 0) is 4.74 Å². The summed E-state index contributed by atoms with van der Waals surface area (Å²) >= 11 is 1.39. The van der Waals surface area contributed by atoms with Crippen molar-refractivity contribution in [1.82, 2.24) is 14.6 Å². The summed E-state index contributed by atoms with van der Waals surface area (Å²) in [4.78, 5) is 30.2. The Kier molecular flexibility index (Phi) is 5.68. The highest BCUT2D eigenvalue weighted by Crippen LogP contribution is 2.26. The molecule has 8 heteroatoms. The largest absolute Gasteiger partial charge is 0.446 e. The number of fused-ring (bicyclic) bond motifs is 1. The summed E-state index contributed by atoms with van der Waals surface area (Å²) < 4.78 is 7.22. The number of ether oxygens (including phenoxy) is 1. The molecule has 0 unspecified atom stereocenters. The summed E-state index contributed by atoms with van der Waals surface area (Å²) in [7, 11) is 0.